The minimum Gasteiger partial charge on any atom is -0.478 e. The summed E-state index contributed by atoms with van der Waals surface area (Å²) in [5, 5.41) is 18.4. The van der Waals surface area contributed by atoms with E-state index in [1.54, 1.807) is 10.6 Å². The van der Waals surface area contributed by atoms with Crippen molar-refractivity contribution >= 4 is 17.0 Å². The van der Waals surface area contributed by atoms with E-state index in [1.165, 1.54) is 41.4 Å². The van der Waals surface area contributed by atoms with Crippen molar-refractivity contribution in [1.82, 2.24) is 19.4 Å². The van der Waals surface area contributed by atoms with E-state index in [4.69, 9.17) is 19.5 Å². The molecular weight excluding hydrogens is 612 g/mol. The number of halogens is 4. The number of fused-ring (bicyclic) bond motifs is 1. The molecule has 0 aliphatic carbocycles. The van der Waals surface area contributed by atoms with Crippen LogP contribution in [0.2, 0.25) is 0 Å². The van der Waals surface area contributed by atoms with Gasteiger partial charge in [-0.15, -0.1) is 0 Å². The SMILES string of the molecule is N#Cc1ccc(OCc2nc(OC3CCN(Cc4nc5ccc(C(=O)O)cc5n4C[C@@H]4CCO4)[C@@H](C(F)(F)F)C3)cc[nH+]2)c(F)c1. The zero-order valence-electron chi connectivity index (χ0n) is 24.3. The molecule has 0 spiro atoms. The van der Waals surface area contributed by atoms with Gasteiger partial charge in [-0.3, -0.25) is 4.90 Å². The molecule has 2 aromatic carbocycles. The van der Waals surface area contributed by atoms with Crippen LogP contribution in [0.4, 0.5) is 17.6 Å². The number of nitrogens with one attached hydrogen (secondary N) is 1. The predicted octanol–water partition coefficient (Wildman–Crippen LogP) is 4.30. The average molecular weight is 642 g/mol. The van der Waals surface area contributed by atoms with Crippen molar-refractivity contribution < 1.29 is 46.7 Å². The molecule has 2 N–H and O–H groups in total. The summed E-state index contributed by atoms with van der Waals surface area (Å²) in [6.45, 7) is 0.725. The van der Waals surface area contributed by atoms with Crippen molar-refractivity contribution in [3.63, 3.8) is 0 Å². The van der Waals surface area contributed by atoms with Crippen LogP contribution < -0.4 is 14.5 Å². The molecule has 2 aliphatic rings. The van der Waals surface area contributed by atoms with E-state index in [0.717, 1.165) is 12.5 Å². The van der Waals surface area contributed by atoms with Crippen LogP contribution in [0.3, 0.4) is 0 Å². The second-order valence-electron chi connectivity index (χ2n) is 11.1. The third-order valence-electron chi connectivity index (χ3n) is 8.08. The summed E-state index contributed by atoms with van der Waals surface area (Å²) < 4.78 is 76.1. The molecule has 2 saturated heterocycles. The number of alkyl halides is 3. The Hall–Kier alpha value is -4.81. The number of carboxylic acid groups (broad SMARTS) is 1. The highest BCUT2D eigenvalue weighted by molar-refractivity contribution is 5.92. The molecule has 6 rings (SSSR count). The molecule has 0 radical (unpaired) electrons. The lowest BCUT2D eigenvalue weighted by atomic mass is 9.98. The molecule has 46 heavy (non-hydrogen) atoms. The Morgan fingerprint density at radius 1 is 1.17 bits per heavy atom. The number of likely N-dealkylation sites (tertiary alicyclic amines) is 1. The minimum atomic E-state index is -4.56. The average Bonchev–Trinajstić information content (AvgIpc) is 3.34. The molecule has 4 heterocycles. The number of imidazole rings is 1. The fourth-order valence-electron chi connectivity index (χ4n) is 5.62. The molecule has 2 aliphatic heterocycles. The van der Waals surface area contributed by atoms with Gasteiger partial charge in [-0.25, -0.2) is 19.2 Å². The van der Waals surface area contributed by atoms with E-state index in [1.807, 2.05) is 6.07 Å². The van der Waals surface area contributed by atoms with Crippen LogP contribution in [0.15, 0.2) is 48.7 Å². The Morgan fingerprint density at radius 3 is 2.70 bits per heavy atom. The Labute approximate surface area is 260 Å². The fourth-order valence-corrected chi connectivity index (χ4v) is 5.62. The van der Waals surface area contributed by atoms with Crippen LogP contribution in [0.1, 0.15) is 46.8 Å². The zero-order valence-corrected chi connectivity index (χ0v) is 24.3. The Kier molecular flexibility index (Phi) is 8.74. The van der Waals surface area contributed by atoms with Gasteiger partial charge in [-0.2, -0.15) is 18.4 Å². The van der Waals surface area contributed by atoms with E-state index >= 15 is 0 Å². The van der Waals surface area contributed by atoms with Crippen LogP contribution in [-0.2, 0) is 24.4 Å². The molecule has 3 atom stereocenters. The molecule has 240 valence electrons. The van der Waals surface area contributed by atoms with E-state index in [9.17, 15) is 27.5 Å². The third-order valence-corrected chi connectivity index (χ3v) is 8.08. The molecule has 0 bridgehead atoms. The van der Waals surface area contributed by atoms with Crippen molar-refractivity contribution in [1.29, 1.82) is 5.26 Å². The molecule has 15 heteroatoms. The van der Waals surface area contributed by atoms with Crippen LogP contribution in [0.5, 0.6) is 11.6 Å². The number of hydrogen-bond acceptors (Lipinski definition) is 8. The summed E-state index contributed by atoms with van der Waals surface area (Å²) in [7, 11) is 0. The maximum Gasteiger partial charge on any atom is 0.404 e. The molecule has 0 saturated carbocycles. The standard InChI is InChI=1S/C31H28F4N6O5/c32-22-11-18(14-36)1-4-25(22)45-17-27-37-8-5-29(39-27)46-20-6-9-40(26(13-20)31(33,34)35)16-28-38-23-3-2-19(30(42)43)12-24(23)41(28)15-21-7-10-44-21/h1-5,8,11-12,20-21,26H,6-7,9-10,13,15-17H2,(H,42,43)/p+1/t20?,21-,26+/m0/s1. The van der Waals surface area contributed by atoms with Gasteiger partial charge < -0.3 is 23.9 Å². The first-order chi connectivity index (χ1) is 22.1. The van der Waals surface area contributed by atoms with Gasteiger partial charge in [0, 0.05) is 19.6 Å². The van der Waals surface area contributed by atoms with Crippen molar-refractivity contribution in [3.8, 4) is 17.7 Å². The summed E-state index contributed by atoms with van der Waals surface area (Å²) in [6, 6.07) is 9.74. The minimum absolute atomic E-state index is 0.0594. The Morgan fingerprint density at radius 2 is 2.00 bits per heavy atom. The van der Waals surface area contributed by atoms with Gasteiger partial charge in [0.2, 0.25) is 0 Å². The molecule has 11 nitrogen and oxygen atoms in total. The highest BCUT2D eigenvalue weighted by atomic mass is 19.4. The molecule has 2 aromatic heterocycles. The monoisotopic (exact) mass is 641 g/mol. The first-order valence-corrected chi connectivity index (χ1v) is 14.6. The number of rotatable bonds is 10. The maximum absolute atomic E-state index is 14.4. The largest absolute Gasteiger partial charge is 0.478 e. The third kappa shape index (κ3) is 6.87. The van der Waals surface area contributed by atoms with Gasteiger partial charge in [-0.05, 0) is 54.2 Å². The van der Waals surface area contributed by atoms with Crippen molar-refractivity contribution in [2.24, 2.45) is 0 Å². The molecule has 2 fully saturated rings. The number of aromatic nitrogens is 4. The van der Waals surface area contributed by atoms with Gasteiger partial charge >= 0.3 is 23.8 Å². The van der Waals surface area contributed by atoms with Crippen LogP contribution in [0.25, 0.3) is 11.0 Å². The van der Waals surface area contributed by atoms with Gasteiger partial charge in [-0.1, -0.05) is 0 Å². The highest BCUT2D eigenvalue weighted by Crippen LogP contribution is 2.35. The van der Waals surface area contributed by atoms with Crippen molar-refractivity contribution in [3.05, 3.63) is 77.3 Å². The number of piperidine rings is 1. The van der Waals surface area contributed by atoms with Crippen LogP contribution in [-0.4, -0.2) is 68.1 Å². The topological polar surface area (TPSA) is 137 Å². The highest BCUT2D eigenvalue weighted by Gasteiger charge is 2.48. The number of hydrogen-bond donors (Lipinski definition) is 1. The normalized spacial score (nSPS) is 20.2. The van der Waals surface area contributed by atoms with E-state index in [-0.39, 0.29) is 67.2 Å². The van der Waals surface area contributed by atoms with Gasteiger partial charge in [0.1, 0.15) is 18.0 Å². The predicted molar refractivity (Wildman–Crippen MR) is 151 cm³/mol. The van der Waals surface area contributed by atoms with Gasteiger partial charge in [0.15, 0.2) is 18.2 Å². The van der Waals surface area contributed by atoms with E-state index in [2.05, 4.69) is 15.0 Å². The number of nitriles is 1. The first kappa shape index (κ1) is 31.2. The van der Waals surface area contributed by atoms with Crippen LogP contribution in [0, 0.1) is 17.1 Å². The first-order valence-electron chi connectivity index (χ1n) is 14.6. The van der Waals surface area contributed by atoms with Crippen LogP contribution >= 0.6 is 0 Å². The lowest BCUT2D eigenvalue weighted by Crippen LogP contribution is -2.53. The number of H-pyrrole nitrogens is 1. The summed E-state index contributed by atoms with van der Waals surface area (Å²) in [4.78, 5) is 24.6. The quantitative estimate of drug-likeness (QED) is 0.252. The second kappa shape index (κ2) is 12.9. The molecular formula is C31H29F4N6O5+. The molecule has 4 aromatic rings. The number of ether oxygens (including phenoxy) is 3. The summed E-state index contributed by atoms with van der Waals surface area (Å²) in [5.41, 5.74) is 1.23. The lowest BCUT2D eigenvalue weighted by molar-refractivity contribution is -0.400. The molecule has 1 unspecified atom stereocenters. The smallest absolute Gasteiger partial charge is 0.404 e. The van der Waals surface area contributed by atoms with Crippen molar-refractivity contribution in [2.75, 3.05) is 13.2 Å². The van der Waals surface area contributed by atoms with Gasteiger partial charge in [0.25, 0.3) is 0 Å². The number of aromatic amines is 1. The van der Waals surface area contributed by atoms with E-state index < -0.39 is 30.1 Å². The maximum atomic E-state index is 14.4. The molecule has 0 amide bonds. The Balaban J connectivity index is 1.15. The van der Waals surface area contributed by atoms with Crippen molar-refractivity contribution in [2.45, 2.75) is 63.4 Å². The number of carbonyl (C=O) groups is 1. The summed E-state index contributed by atoms with van der Waals surface area (Å²) >= 11 is 0. The number of nitrogens with zero attached hydrogens (tertiary/aromatic N) is 5. The van der Waals surface area contributed by atoms with Gasteiger partial charge in [0.05, 0.1) is 59.7 Å². The van der Waals surface area contributed by atoms with E-state index in [0.29, 0.717) is 30.0 Å². The second-order valence-corrected chi connectivity index (χ2v) is 11.1. The fraction of sp³-hybridized carbons (Fsp3) is 0.387. The number of aromatic carboxylic acids is 1. The summed E-state index contributed by atoms with van der Waals surface area (Å²) in [6.07, 6.45) is -3.26. The zero-order chi connectivity index (χ0) is 32.4. The Bertz CT molecular complexity index is 1790. The summed E-state index contributed by atoms with van der Waals surface area (Å²) in [5.74, 6) is -1.17. The number of carboxylic acids is 1. The lowest BCUT2D eigenvalue weighted by Gasteiger charge is -2.39. The number of benzene rings is 2.